The second kappa shape index (κ2) is 7.18. The minimum absolute atomic E-state index is 0.105. The molecule has 0 aliphatic carbocycles. The average molecular weight is 310 g/mol. The molecule has 0 heterocycles. The summed E-state index contributed by atoms with van der Waals surface area (Å²) in [4.78, 5) is 22.3. The summed E-state index contributed by atoms with van der Waals surface area (Å²) in [6.45, 7) is 1.67. The number of nitro benzene ring substituents is 1. The van der Waals surface area contributed by atoms with Crippen LogP contribution in [0.15, 0.2) is 54.6 Å². The van der Waals surface area contributed by atoms with Gasteiger partial charge in [-0.1, -0.05) is 30.3 Å². The summed E-state index contributed by atoms with van der Waals surface area (Å²) in [7, 11) is 0. The molecule has 0 saturated carbocycles. The highest BCUT2D eigenvalue weighted by Gasteiger charge is 2.24. The van der Waals surface area contributed by atoms with Crippen LogP contribution in [-0.2, 0) is 4.74 Å². The van der Waals surface area contributed by atoms with E-state index in [0.29, 0.717) is 0 Å². The van der Waals surface area contributed by atoms with Gasteiger partial charge < -0.3 is 4.74 Å². The Bertz CT molecular complexity index is 735. The third kappa shape index (κ3) is 3.92. The minimum Gasteiger partial charge on any atom is -0.452 e. The molecule has 116 valence electrons. The largest absolute Gasteiger partial charge is 0.452 e. The summed E-state index contributed by atoms with van der Waals surface area (Å²) in [5, 5.41) is 19.8. The summed E-state index contributed by atoms with van der Waals surface area (Å²) in [5.74, 6) is -1.16. The molecule has 6 heteroatoms. The molecular formula is C17H14N2O4. The van der Waals surface area contributed by atoms with Crippen molar-refractivity contribution >= 4 is 11.7 Å². The summed E-state index contributed by atoms with van der Waals surface area (Å²) in [6, 6.07) is 16.2. The van der Waals surface area contributed by atoms with E-state index in [9.17, 15) is 14.9 Å². The smallest absolute Gasteiger partial charge is 0.338 e. The van der Waals surface area contributed by atoms with Crippen LogP contribution in [0.1, 0.15) is 28.9 Å². The van der Waals surface area contributed by atoms with Crippen LogP contribution in [0, 0.1) is 27.4 Å². The number of nitro groups is 1. The van der Waals surface area contributed by atoms with E-state index in [0.717, 1.165) is 5.56 Å². The lowest BCUT2D eigenvalue weighted by molar-refractivity contribution is -0.384. The molecule has 2 atom stereocenters. The van der Waals surface area contributed by atoms with Crippen molar-refractivity contribution in [2.24, 2.45) is 5.92 Å². The second-order valence-electron chi connectivity index (χ2n) is 4.96. The Balaban J connectivity index is 2.21. The van der Waals surface area contributed by atoms with Crippen LogP contribution in [0.4, 0.5) is 5.69 Å². The van der Waals surface area contributed by atoms with Crippen LogP contribution in [0.2, 0.25) is 0 Å². The van der Waals surface area contributed by atoms with Crippen LogP contribution < -0.4 is 0 Å². The highest BCUT2D eigenvalue weighted by molar-refractivity contribution is 5.89. The van der Waals surface area contributed by atoms with E-state index in [1.807, 2.05) is 6.07 Å². The number of ether oxygens (including phenoxy) is 1. The molecule has 0 unspecified atom stereocenters. The number of hydrogen-bond acceptors (Lipinski definition) is 5. The molecule has 0 aliphatic rings. The molecule has 0 saturated heterocycles. The van der Waals surface area contributed by atoms with Crippen LogP contribution in [-0.4, -0.2) is 10.9 Å². The molecule has 0 spiro atoms. The van der Waals surface area contributed by atoms with Crippen LogP contribution in [0.5, 0.6) is 0 Å². The van der Waals surface area contributed by atoms with Crippen LogP contribution >= 0.6 is 0 Å². The first-order valence-corrected chi connectivity index (χ1v) is 6.93. The number of esters is 1. The Morgan fingerprint density at radius 2 is 1.78 bits per heavy atom. The van der Waals surface area contributed by atoms with Gasteiger partial charge in [-0.25, -0.2) is 4.79 Å². The lowest BCUT2D eigenvalue weighted by atomic mass is 9.98. The Hall–Kier alpha value is -3.20. The fourth-order valence-electron chi connectivity index (χ4n) is 2.07. The summed E-state index contributed by atoms with van der Waals surface area (Å²) >= 11 is 0. The van der Waals surface area contributed by atoms with Gasteiger partial charge in [0.2, 0.25) is 0 Å². The molecule has 0 bridgehead atoms. The van der Waals surface area contributed by atoms with Crippen molar-refractivity contribution in [3.05, 3.63) is 75.8 Å². The van der Waals surface area contributed by atoms with E-state index in [1.165, 1.54) is 24.3 Å². The third-order valence-corrected chi connectivity index (χ3v) is 3.33. The highest BCUT2D eigenvalue weighted by atomic mass is 16.6. The number of non-ortho nitro benzene ring substituents is 1. The monoisotopic (exact) mass is 310 g/mol. The molecule has 2 rings (SSSR count). The van der Waals surface area contributed by atoms with E-state index in [2.05, 4.69) is 6.07 Å². The van der Waals surface area contributed by atoms with Gasteiger partial charge in [0.15, 0.2) is 0 Å². The van der Waals surface area contributed by atoms with Gasteiger partial charge in [-0.3, -0.25) is 10.1 Å². The van der Waals surface area contributed by atoms with Crippen molar-refractivity contribution in [3.63, 3.8) is 0 Å². The van der Waals surface area contributed by atoms with Gasteiger partial charge in [-0.05, 0) is 24.6 Å². The molecule has 0 N–H and O–H groups in total. The Morgan fingerprint density at radius 1 is 1.17 bits per heavy atom. The van der Waals surface area contributed by atoms with Crippen molar-refractivity contribution in [2.75, 3.05) is 0 Å². The zero-order chi connectivity index (χ0) is 16.8. The number of carbonyl (C=O) groups excluding carboxylic acids is 1. The van der Waals surface area contributed by atoms with Gasteiger partial charge in [0.05, 0.1) is 22.5 Å². The fraction of sp³-hybridized carbons (Fsp3) is 0.176. The van der Waals surface area contributed by atoms with Gasteiger partial charge in [0.1, 0.15) is 6.10 Å². The zero-order valence-corrected chi connectivity index (χ0v) is 12.4. The SMILES string of the molecule is C[C@@H](C#N)[C@@H](OC(=O)c1ccc([N+](=O)[O-])cc1)c1ccccc1. The van der Waals surface area contributed by atoms with Gasteiger partial charge in [-0.15, -0.1) is 0 Å². The van der Waals surface area contributed by atoms with Crippen molar-refractivity contribution in [2.45, 2.75) is 13.0 Å². The van der Waals surface area contributed by atoms with E-state index in [4.69, 9.17) is 10.00 Å². The predicted molar refractivity (Wildman–Crippen MR) is 82.5 cm³/mol. The first kappa shape index (κ1) is 16.2. The Kier molecular flexibility index (Phi) is 5.05. The maximum Gasteiger partial charge on any atom is 0.338 e. The Morgan fingerprint density at radius 3 is 2.30 bits per heavy atom. The van der Waals surface area contributed by atoms with E-state index in [-0.39, 0.29) is 11.3 Å². The van der Waals surface area contributed by atoms with E-state index in [1.54, 1.807) is 31.2 Å². The lowest BCUT2D eigenvalue weighted by Gasteiger charge is -2.20. The molecule has 0 amide bonds. The standard InChI is InChI=1S/C17H14N2O4/c1-12(11-18)16(13-5-3-2-4-6-13)23-17(20)14-7-9-15(10-8-14)19(21)22/h2-10,12,16H,1H3/t12-,16+/m0/s1. The highest BCUT2D eigenvalue weighted by Crippen LogP contribution is 2.27. The number of rotatable bonds is 5. The number of carbonyl (C=O) groups is 1. The molecular weight excluding hydrogens is 296 g/mol. The van der Waals surface area contributed by atoms with Crippen molar-refractivity contribution in [1.29, 1.82) is 5.26 Å². The van der Waals surface area contributed by atoms with Crippen molar-refractivity contribution in [3.8, 4) is 6.07 Å². The molecule has 0 aromatic heterocycles. The first-order valence-electron chi connectivity index (χ1n) is 6.93. The normalized spacial score (nSPS) is 12.7. The summed E-state index contributed by atoms with van der Waals surface area (Å²) in [6.07, 6.45) is -0.705. The minimum atomic E-state index is -0.705. The molecule has 0 radical (unpaired) electrons. The average Bonchev–Trinajstić information content (AvgIpc) is 2.59. The van der Waals surface area contributed by atoms with Crippen molar-refractivity contribution < 1.29 is 14.5 Å². The topological polar surface area (TPSA) is 93.2 Å². The maximum absolute atomic E-state index is 12.2. The van der Waals surface area contributed by atoms with Crippen molar-refractivity contribution in [1.82, 2.24) is 0 Å². The summed E-state index contributed by atoms with van der Waals surface area (Å²) in [5.41, 5.74) is 0.810. The van der Waals surface area contributed by atoms with E-state index < -0.39 is 22.9 Å². The molecule has 0 fully saturated rings. The maximum atomic E-state index is 12.2. The Labute approximate surface area is 133 Å². The third-order valence-electron chi connectivity index (χ3n) is 3.33. The zero-order valence-electron chi connectivity index (χ0n) is 12.4. The number of benzene rings is 2. The number of nitrogens with zero attached hydrogens (tertiary/aromatic N) is 2. The first-order chi connectivity index (χ1) is 11.0. The molecule has 0 aliphatic heterocycles. The van der Waals surface area contributed by atoms with Crippen LogP contribution in [0.3, 0.4) is 0 Å². The second-order valence-corrected chi connectivity index (χ2v) is 4.96. The number of nitriles is 1. The van der Waals surface area contributed by atoms with Gasteiger partial charge in [0.25, 0.3) is 5.69 Å². The van der Waals surface area contributed by atoms with E-state index >= 15 is 0 Å². The summed E-state index contributed by atoms with van der Waals surface area (Å²) < 4.78 is 5.44. The number of hydrogen-bond donors (Lipinski definition) is 0. The molecule has 2 aromatic rings. The van der Waals surface area contributed by atoms with Gasteiger partial charge >= 0.3 is 5.97 Å². The van der Waals surface area contributed by atoms with Gasteiger partial charge in [-0.2, -0.15) is 5.26 Å². The quantitative estimate of drug-likeness (QED) is 0.477. The molecule has 23 heavy (non-hydrogen) atoms. The van der Waals surface area contributed by atoms with Crippen LogP contribution in [0.25, 0.3) is 0 Å². The molecule has 2 aromatic carbocycles. The fourth-order valence-corrected chi connectivity index (χ4v) is 2.07. The molecule has 6 nitrogen and oxygen atoms in total. The lowest BCUT2D eigenvalue weighted by Crippen LogP contribution is -2.17. The van der Waals surface area contributed by atoms with Gasteiger partial charge in [0, 0.05) is 12.1 Å². The predicted octanol–water partition coefficient (Wildman–Crippen LogP) is 3.65.